The molecule has 1 atom stereocenters. The van der Waals surface area contributed by atoms with Gasteiger partial charge in [0.15, 0.2) is 5.76 Å². The van der Waals surface area contributed by atoms with Crippen molar-refractivity contribution in [2.24, 2.45) is 0 Å². The molecule has 0 unspecified atom stereocenters. The molecule has 6 rings (SSSR count). The Morgan fingerprint density at radius 1 is 1.06 bits per heavy atom. The molecule has 1 amide bonds. The van der Waals surface area contributed by atoms with Crippen molar-refractivity contribution in [2.45, 2.75) is 37.8 Å². The number of nitrogens with zero attached hydrogens (tertiary/aromatic N) is 8. The number of piperazine rings is 1. The fraction of sp³-hybridized carbons (Fsp3) is 0.550. The Hall–Kier alpha value is -3.21. The lowest BCUT2D eigenvalue weighted by Crippen LogP contribution is -2.54. The number of hydrogen-bond donors (Lipinski definition) is 1. The van der Waals surface area contributed by atoms with Crippen LogP contribution in [0, 0.1) is 0 Å². The number of carbonyl (C=O) groups excluding carboxylic acids is 1. The minimum absolute atomic E-state index is 0.160. The van der Waals surface area contributed by atoms with Crippen LogP contribution >= 0.6 is 0 Å². The molecule has 0 bridgehead atoms. The summed E-state index contributed by atoms with van der Waals surface area (Å²) >= 11 is 0. The second kappa shape index (κ2) is 7.19. The molecule has 2 N–H and O–H groups in total. The molecular weight excluding hydrogens is 398 g/mol. The van der Waals surface area contributed by atoms with E-state index in [9.17, 15) is 4.79 Å². The van der Waals surface area contributed by atoms with E-state index in [0.717, 1.165) is 45.1 Å². The summed E-state index contributed by atoms with van der Waals surface area (Å²) in [6.07, 6.45) is 5.87. The molecular formula is C20H25N9O2. The zero-order valence-electron chi connectivity index (χ0n) is 17.2. The second-order valence-corrected chi connectivity index (χ2v) is 8.45. The number of fused-ring (bicyclic) bond motifs is 1. The predicted molar refractivity (Wildman–Crippen MR) is 112 cm³/mol. The van der Waals surface area contributed by atoms with Gasteiger partial charge in [0.1, 0.15) is 6.04 Å². The third kappa shape index (κ3) is 3.29. The first-order valence-electron chi connectivity index (χ1n) is 10.9. The van der Waals surface area contributed by atoms with Gasteiger partial charge in [-0.3, -0.25) is 9.69 Å². The van der Waals surface area contributed by atoms with Gasteiger partial charge in [0.2, 0.25) is 23.6 Å². The SMILES string of the molecule is Nc1nc(N2CCC[C@H]2C(=O)N2CCN(C3CC3)CC2)nc2nc(-c3ccco3)nn12. The molecule has 3 aromatic heterocycles. The zero-order valence-corrected chi connectivity index (χ0v) is 17.2. The van der Waals surface area contributed by atoms with Crippen LogP contribution in [-0.2, 0) is 4.79 Å². The van der Waals surface area contributed by atoms with Crippen LogP contribution in [0.3, 0.4) is 0 Å². The lowest BCUT2D eigenvalue weighted by Gasteiger charge is -2.37. The van der Waals surface area contributed by atoms with Crippen molar-refractivity contribution in [3.8, 4) is 11.6 Å². The van der Waals surface area contributed by atoms with Gasteiger partial charge >= 0.3 is 0 Å². The van der Waals surface area contributed by atoms with Gasteiger partial charge in [0.05, 0.1) is 6.26 Å². The van der Waals surface area contributed by atoms with E-state index in [1.807, 2.05) is 9.80 Å². The van der Waals surface area contributed by atoms with Crippen LogP contribution in [0.4, 0.5) is 11.9 Å². The molecule has 3 aliphatic rings. The average Bonchev–Trinajstić information content (AvgIpc) is 3.19. The smallest absolute Gasteiger partial charge is 0.259 e. The van der Waals surface area contributed by atoms with Gasteiger partial charge in [-0.1, -0.05) is 0 Å². The van der Waals surface area contributed by atoms with Crippen LogP contribution in [0.25, 0.3) is 17.4 Å². The maximum Gasteiger partial charge on any atom is 0.259 e. The van der Waals surface area contributed by atoms with Crippen molar-refractivity contribution < 1.29 is 9.21 Å². The molecule has 0 aromatic carbocycles. The number of carbonyl (C=O) groups is 1. The topological polar surface area (TPSA) is 122 Å². The van der Waals surface area contributed by atoms with E-state index in [-0.39, 0.29) is 17.9 Å². The maximum atomic E-state index is 13.3. The normalized spacial score (nSPS) is 22.5. The molecule has 2 aliphatic heterocycles. The van der Waals surface area contributed by atoms with Gasteiger partial charge in [0, 0.05) is 38.8 Å². The third-order valence-corrected chi connectivity index (χ3v) is 6.45. The van der Waals surface area contributed by atoms with Crippen LogP contribution in [0.5, 0.6) is 0 Å². The Labute approximate surface area is 178 Å². The Morgan fingerprint density at radius 3 is 2.65 bits per heavy atom. The molecule has 162 valence electrons. The average molecular weight is 423 g/mol. The lowest BCUT2D eigenvalue weighted by molar-refractivity contribution is -0.134. The number of hydrogen-bond acceptors (Lipinski definition) is 9. The van der Waals surface area contributed by atoms with Crippen molar-refractivity contribution in [3.63, 3.8) is 0 Å². The highest BCUT2D eigenvalue weighted by Gasteiger charge is 2.38. The fourth-order valence-electron chi connectivity index (χ4n) is 4.65. The highest BCUT2D eigenvalue weighted by molar-refractivity contribution is 5.85. The summed E-state index contributed by atoms with van der Waals surface area (Å²) in [5, 5.41) is 4.34. The number of rotatable bonds is 4. The number of amides is 1. The Balaban J connectivity index is 1.24. The number of nitrogen functional groups attached to an aromatic ring is 1. The summed E-state index contributed by atoms with van der Waals surface area (Å²) in [5.74, 6) is 2.03. The van der Waals surface area contributed by atoms with Crippen molar-refractivity contribution in [1.82, 2.24) is 34.4 Å². The number of anilines is 2. The van der Waals surface area contributed by atoms with E-state index in [0.29, 0.717) is 29.9 Å². The van der Waals surface area contributed by atoms with E-state index in [1.54, 1.807) is 18.4 Å². The van der Waals surface area contributed by atoms with E-state index in [4.69, 9.17) is 10.2 Å². The molecule has 3 fully saturated rings. The van der Waals surface area contributed by atoms with Crippen LogP contribution in [0.1, 0.15) is 25.7 Å². The van der Waals surface area contributed by atoms with E-state index >= 15 is 0 Å². The van der Waals surface area contributed by atoms with Crippen LogP contribution in [0.2, 0.25) is 0 Å². The van der Waals surface area contributed by atoms with Gasteiger partial charge in [0.25, 0.3) is 5.78 Å². The maximum absolute atomic E-state index is 13.3. The van der Waals surface area contributed by atoms with E-state index in [1.165, 1.54) is 17.4 Å². The molecule has 0 radical (unpaired) electrons. The van der Waals surface area contributed by atoms with Crippen molar-refractivity contribution in [2.75, 3.05) is 43.4 Å². The van der Waals surface area contributed by atoms with Crippen LogP contribution in [-0.4, -0.2) is 85.1 Å². The van der Waals surface area contributed by atoms with Gasteiger partial charge in [-0.2, -0.15) is 19.5 Å². The largest absolute Gasteiger partial charge is 0.461 e. The van der Waals surface area contributed by atoms with E-state index < -0.39 is 0 Å². The standard InChI is InChI=1S/C20H25N9O2/c21-18-23-19(24-20-22-16(25-29(18)20)15-4-2-12-31-15)28-7-1-3-14(28)17(30)27-10-8-26(9-11-27)13-5-6-13/h2,4,12-14H,1,3,5-11H2,(H2,21,22,23,24,25)/t14-/m0/s1. The van der Waals surface area contributed by atoms with Crippen molar-refractivity contribution in [3.05, 3.63) is 18.4 Å². The summed E-state index contributed by atoms with van der Waals surface area (Å²) in [4.78, 5) is 33.2. The molecule has 0 spiro atoms. The van der Waals surface area contributed by atoms with Gasteiger partial charge in [-0.15, -0.1) is 5.10 Å². The number of nitrogens with two attached hydrogens (primary N) is 1. The monoisotopic (exact) mass is 423 g/mol. The summed E-state index contributed by atoms with van der Waals surface area (Å²) in [7, 11) is 0. The Morgan fingerprint density at radius 2 is 1.90 bits per heavy atom. The molecule has 1 aliphatic carbocycles. The zero-order chi connectivity index (χ0) is 20.9. The molecule has 5 heterocycles. The van der Waals surface area contributed by atoms with E-state index in [2.05, 4.69) is 25.0 Å². The minimum Gasteiger partial charge on any atom is -0.461 e. The highest BCUT2D eigenvalue weighted by Crippen LogP contribution is 2.29. The number of aromatic nitrogens is 5. The Kier molecular flexibility index (Phi) is 4.30. The summed E-state index contributed by atoms with van der Waals surface area (Å²) in [6.45, 7) is 4.23. The van der Waals surface area contributed by atoms with Crippen LogP contribution < -0.4 is 10.6 Å². The van der Waals surface area contributed by atoms with Crippen LogP contribution in [0.15, 0.2) is 22.8 Å². The third-order valence-electron chi connectivity index (χ3n) is 6.45. The number of furan rings is 1. The summed E-state index contributed by atoms with van der Waals surface area (Å²) < 4.78 is 6.76. The first kappa shape index (κ1) is 18.6. The molecule has 2 saturated heterocycles. The first-order chi connectivity index (χ1) is 15.2. The molecule has 11 nitrogen and oxygen atoms in total. The quantitative estimate of drug-likeness (QED) is 0.644. The van der Waals surface area contributed by atoms with Gasteiger partial charge in [-0.05, 0) is 37.8 Å². The molecule has 1 saturated carbocycles. The molecule has 31 heavy (non-hydrogen) atoms. The summed E-state index contributed by atoms with van der Waals surface area (Å²) in [6, 6.07) is 4.03. The second-order valence-electron chi connectivity index (χ2n) is 8.45. The predicted octanol–water partition coefficient (Wildman–Crippen LogP) is 0.637. The first-order valence-corrected chi connectivity index (χ1v) is 10.9. The van der Waals surface area contributed by atoms with Gasteiger partial charge < -0.3 is 20.0 Å². The fourth-order valence-corrected chi connectivity index (χ4v) is 4.65. The van der Waals surface area contributed by atoms with Crippen molar-refractivity contribution >= 4 is 23.6 Å². The van der Waals surface area contributed by atoms with Gasteiger partial charge in [-0.25, -0.2) is 0 Å². The Bertz CT molecular complexity index is 1100. The molecule has 11 heteroatoms. The highest BCUT2D eigenvalue weighted by atomic mass is 16.3. The van der Waals surface area contributed by atoms with Crippen molar-refractivity contribution in [1.29, 1.82) is 0 Å². The summed E-state index contributed by atoms with van der Waals surface area (Å²) in [5.41, 5.74) is 6.16. The lowest BCUT2D eigenvalue weighted by atomic mass is 10.1. The molecule has 3 aromatic rings. The minimum atomic E-state index is -0.262.